The molecule has 9 heteroatoms. The Labute approximate surface area is 124 Å². The highest BCUT2D eigenvalue weighted by Gasteiger charge is 2.29. The number of aliphatic carboxylic acids is 1. The average molecular weight is 306 g/mol. The molecule has 0 aliphatic carbocycles. The van der Waals surface area contributed by atoms with Gasteiger partial charge in [-0.3, -0.25) is 23.3 Å². The lowest BCUT2D eigenvalue weighted by molar-refractivity contribution is -0.541. The van der Waals surface area contributed by atoms with Crippen molar-refractivity contribution >= 4 is 11.9 Å². The molecule has 1 aromatic heterocycles. The molecule has 9 nitrogen and oxygen atoms in total. The third-order valence-electron chi connectivity index (χ3n) is 4.16. The first-order valence-electron chi connectivity index (χ1n) is 6.98. The van der Waals surface area contributed by atoms with E-state index in [2.05, 4.69) is 9.98 Å². The van der Waals surface area contributed by atoms with E-state index in [9.17, 15) is 14.4 Å². The maximum absolute atomic E-state index is 12.1. The second kappa shape index (κ2) is 5.00. The number of fused-ring (bicyclic) bond motifs is 1. The average Bonchev–Trinajstić information content (AvgIpc) is 2.96. The van der Waals surface area contributed by atoms with Crippen LogP contribution in [0.4, 0.5) is 0 Å². The van der Waals surface area contributed by atoms with Gasteiger partial charge in [0.25, 0.3) is 10.8 Å². The molecule has 0 radical (unpaired) electrons. The molecule has 22 heavy (non-hydrogen) atoms. The molecule has 0 aromatic carbocycles. The standard InChI is InChI=1S/C13H15N5O4/c1-16-9-8(10(19)17(2)13(16)22)14-12(15-9)18-5-3-7(4-6-18)11(20)21/h7H,3-6H2,1-2H3/p+1. The number of rotatable bonds is 1. The molecule has 0 spiro atoms. The van der Waals surface area contributed by atoms with Crippen LogP contribution in [-0.2, 0) is 18.9 Å². The summed E-state index contributed by atoms with van der Waals surface area (Å²) in [5, 5.41) is 9.16. The lowest BCUT2D eigenvalue weighted by Crippen LogP contribution is -2.55. The zero-order valence-electron chi connectivity index (χ0n) is 12.3. The van der Waals surface area contributed by atoms with Crippen LogP contribution in [0.25, 0.3) is 0 Å². The first-order chi connectivity index (χ1) is 10.4. The molecular weight excluding hydrogens is 290 g/mol. The summed E-state index contributed by atoms with van der Waals surface area (Å²) in [6, 6.07) is 0. The van der Waals surface area contributed by atoms with Gasteiger partial charge in [-0.2, -0.15) is 0 Å². The highest BCUT2D eigenvalue weighted by molar-refractivity contribution is 5.78. The first kappa shape index (κ1) is 14.4. The highest BCUT2D eigenvalue weighted by atomic mass is 16.4. The Bertz CT molecular complexity index is 927. The molecule has 0 unspecified atom stereocenters. The van der Waals surface area contributed by atoms with E-state index in [-0.39, 0.29) is 16.8 Å². The van der Waals surface area contributed by atoms with E-state index in [4.69, 9.17) is 5.11 Å². The predicted molar refractivity (Wildman–Crippen MR) is 74.6 cm³/mol. The Hall–Kier alpha value is -2.58. The van der Waals surface area contributed by atoms with Gasteiger partial charge in [-0.05, 0) is 17.8 Å². The van der Waals surface area contributed by atoms with Crippen LogP contribution in [0.15, 0.2) is 19.6 Å². The van der Waals surface area contributed by atoms with Crippen LogP contribution >= 0.6 is 0 Å². The topological polar surface area (TPSA) is 109 Å². The van der Waals surface area contributed by atoms with Crippen LogP contribution in [0.3, 0.4) is 0 Å². The predicted octanol–water partition coefficient (Wildman–Crippen LogP) is -2.80. The third kappa shape index (κ3) is 2.09. The summed E-state index contributed by atoms with van der Waals surface area (Å²) in [4.78, 5) is 43.5. The Balaban J connectivity index is 2.09. The molecule has 1 aromatic rings. The number of hydrogen-bond acceptors (Lipinski definition) is 3. The zero-order chi connectivity index (χ0) is 16.0. The Kier molecular flexibility index (Phi) is 3.27. The van der Waals surface area contributed by atoms with Gasteiger partial charge in [0.15, 0.2) is 0 Å². The number of hydrogen-bond donors (Lipinski definition) is 1. The molecule has 0 atom stereocenters. The van der Waals surface area contributed by atoms with Gasteiger partial charge in [0.2, 0.25) is 0 Å². The van der Waals surface area contributed by atoms with Gasteiger partial charge in [0.05, 0.1) is 19.0 Å². The van der Waals surface area contributed by atoms with Crippen LogP contribution in [0.2, 0.25) is 0 Å². The second-order valence-corrected chi connectivity index (χ2v) is 5.50. The number of piperidine rings is 1. The SMILES string of the molecule is Cn1c(=O)c2c(n(C)c1=O)=NC(=[N+]1CCC(C(=O)O)CC1)N=2. The highest BCUT2D eigenvalue weighted by Crippen LogP contribution is 2.15. The fraction of sp³-hybridized carbons (Fsp3) is 0.538. The van der Waals surface area contributed by atoms with Crippen molar-refractivity contribution in [3.05, 3.63) is 31.7 Å². The normalized spacial score (nSPS) is 20.4. The summed E-state index contributed by atoms with van der Waals surface area (Å²) >= 11 is 0. The molecule has 0 saturated carbocycles. The molecular formula is C13H16N5O4+. The van der Waals surface area contributed by atoms with Crippen LogP contribution < -0.4 is 22.1 Å². The summed E-state index contributed by atoms with van der Waals surface area (Å²) in [5.74, 6) is -0.764. The molecule has 0 amide bonds. The van der Waals surface area contributed by atoms with Gasteiger partial charge >= 0.3 is 23.2 Å². The Morgan fingerprint density at radius 2 is 1.82 bits per heavy atom. The van der Waals surface area contributed by atoms with Gasteiger partial charge in [-0.1, -0.05) is 4.99 Å². The minimum atomic E-state index is -0.787. The van der Waals surface area contributed by atoms with E-state index in [0.29, 0.717) is 31.9 Å². The van der Waals surface area contributed by atoms with Crippen molar-refractivity contribution in [2.24, 2.45) is 30.0 Å². The van der Waals surface area contributed by atoms with E-state index >= 15 is 0 Å². The number of carboxylic acids is 1. The summed E-state index contributed by atoms with van der Waals surface area (Å²) in [6.07, 6.45) is 1.02. The summed E-state index contributed by atoms with van der Waals surface area (Å²) in [7, 11) is 2.94. The van der Waals surface area contributed by atoms with Crippen LogP contribution in [0, 0.1) is 5.92 Å². The molecule has 116 valence electrons. The van der Waals surface area contributed by atoms with E-state index in [1.165, 1.54) is 11.6 Å². The van der Waals surface area contributed by atoms with Gasteiger partial charge in [0.1, 0.15) is 0 Å². The molecule has 0 bridgehead atoms. The van der Waals surface area contributed by atoms with Crippen molar-refractivity contribution in [1.82, 2.24) is 9.13 Å². The Morgan fingerprint density at radius 1 is 1.18 bits per heavy atom. The van der Waals surface area contributed by atoms with Crippen molar-refractivity contribution in [1.29, 1.82) is 0 Å². The molecule has 3 heterocycles. The maximum Gasteiger partial charge on any atom is 0.431 e. The van der Waals surface area contributed by atoms with Gasteiger partial charge < -0.3 is 5.11 Å². The molecule has 2 aliphatic heterocycles. The van der Waals surface area contributed by atoms with Crippen molar-refractivity contribution in [2.75, 3.05) is 13.1 Å². The van der Waals surface area contributed by atoms with Gasteiger partial charge in [0, 0.05) is 14.1 Å². The van der Waals surface area contributed by atoms with E-state index in [1.807, 2.05) is 4.58 Å². The number of carbonyl (C=O) groups is 1. The Morgan fingerprint density at radius 3 is 2.41 bits per heavy atom. The quantitative estimate of drug-likeness (QED) is 0.565. The first-order valence-corrected chi connectivity index (χ1v) is 6.98. The largest absolute Gasteiger partial charge is 0.481 e. The summed E-state index contributed by atoms with van der Waals surface area (Å²) in [5.41, 5.74) is -0.672. The van der Waals surface area contributed by atoms with Crippen molar-refractivity contribution in [3.8, 4) is 0 Å². The number of carboxylic acid groups (broad SMARTS) is 1. The summed E-state index contributed by atoms with van der Waals surface area (Å²) < 4.78 is 4.14. The van der Waals surface area contributed by atoms with Crippen LogP contribution in [0.5, 0.6) is 0 Å². The van der Waals surface area contributed by atoms with Crippen molar-refractivity contribution < 1.29 is 14.5 Å². The molecule has 1 saturated heterocycles. The second-order valence-electron chi connectivity index (χ2n) is 5.50. The number of aromatic nitrogens is 2. The van der Waals surface area contributed by atoms with Crippen LogP contribution in [0.1, 0.15) is 12.8 Å². The third-order valence-corrected chi connectivity index (χ3v) is 4.16. The van der Waals surface area contributed by atoms with Crippen molar-refractivity contribution in [3.63, 3.8) is 0 Å². The fourth-order valence-electron chi connectivity index (χ4n) is 2.73. The number of guanidine groups is 1. The van der Waals surface area contributed by atoms with E-state index < -0.39 is 17.2 Å². The van der Waals surface area contributed by atoms with Gasteiger partial charge in [-0.25, -0.2) is 4.79 Å². The molecule has 1 N–H and O–H groups in total. The van der Waals surface area contributed by atoms with Crippen LogP contribution in [-0.4, -0.2) is 43.8 Å². The number of nitrogens with zero attached hydrogens (tertiary/aromatic N) is 5. The zero-order valence-corrected chi connectivity index (χ0v) is 12.3. The lowest BCUT2D eigenvalue weighted by atomic mass is 9.98. The van der Waals surface area contributed by atoms with Gasteiger partial charge in [-0.15, -0.1) is 0 Å². The van der Waals surface area contributed by atoms with E-state index in [1.54, 1.807) is 7.05 Å². The minimum Gasteiger partial charge on any atom is -0.481 e. The van der Waals surface area contributed by atoms with E-state index in [0.717, 1.165) is 4.57 Å². The molecule has 2 aliphatic rings. The maximum atomic E-state index is 12.1. The monoisotopic (exact) mass is 306 g/mol. The minimum absolute atomic E-state index is 0.153. The fourth-order valence-corrected chi connectivity index (χ4v) is 2.73. The smallest absolute Gasteiger partial charge is 0.431 e. The van der Waals surface area contributed by atoms with Crippen molar-refractivity contribution in [2.45, 2.75) is 12.8 Å². The lowest BCUT2D eigenvalue weighted by Gasteiger charge is -2.19. The molecule has 1 fully saturated rings. The summed E-state index contributed by atoms with van der Waals surface area (Å²) in [6.45, 7) is 1.03. The molecule has 3 rings (SSSR count).